The van der Waals surface area contributed by atoms with E-state index in [0.29, 0.717) is 24.1 Å². The van der Waals surface area contributed by atoms with Gasteiger partial charge in [-0.05, 0) is 7.05 Å². The summed E-state index contributed by atoms with van der Waals surface area (Å²) in [5, 5.41) is 18.7. The van der Waals surface area contributed by atoms with E-state index in [1.54, 1.807) is 24.3 Å². The zero-order valence-corrected chi connectivity index (χ0v) is 34.8. The van der Waals surface area contributed by atoms with Gasteiger partial charge in [-0.25, -0.2) is 0 Å². The number of nitrogens with zero attached hydrogens (tertiary/aromatic N) is 2. The predicted octanol–water partition coefficient (Wildman–Crippen LogP) is 7.35. The first kappa shape index (κ1) is 56.2. The van der Waals surface area contributed by atoms with Crippen LogP contribution in [0.25, 0.3) is 0 Å². The molecule has 0 bridgehead atoms. The first-order valence-electron chi connectivity index (χ1n) is 18.5. The number of carboxylic acids is 2. The summed E-state index contributed by atoms with van der Waals surface area (Å²) in [5.41, 5.74) is 12.3. The molecule has 1 fully saturated rings. The molecule has 0 radical (unpaired) electrons. The molecule has 56 heavy (non-hydrogen) atoms. The minimum absolute atomic E-state index is 0. The largest absolute Gasteiger partial charge is 0.481 e. The molecule has 3 atom stereocenters. The second-order valence-electron chi connectivity index (χ2n) is 12.3. The Morgan fingerprint density at radius 2 is 1.62 bits per heavy atom. The zero-order valence-electron chi connectivity index (χ0n) is 33.9. The normalized spacial score (nSPS) is 15.7. The molecule has 1 aliphatic heterocycles. The summed E-state index contributed by atoms with van der Waals surface area (Å²) in [6.45, 7) is 19.7. The molecule has 16 heteroatoms. The van der Waals surface area contributed by atoms with Crippen LogP contribution in [0.15, 0.2) is 73.4 Å². The Bertz CT molecular complexity index is 1410. The third-order valence-corrected chi connectivity index (χ3v) is 9.88. The van der Waals surface area contributed by atoms with Crippen molar-refractivity contribution < 1.29 is 48.0 Å². The fourth-order valence-electron chi connectivity index (χ4n) is 4.94. The van der Waals surface area contributed by atoms with E-state index in [1.807, 2.05) is 29.8 Å². The van der Waals surface area contributed by atoms with Gasteiger partial charge in [-0.3, -0.25) is 9.59 Å². The molecular weight excluding hydrogens is 741 g/mol. The van der Waals surface area contributed by atoms with Crippen LogP contribution in [0.1, 0.15) is 104 Å². The van der Waals surface area contributed by atoms with Crippen molar-refractivity contribution in [1.82, 2.24) is 9.65 Å². The van der Waals surface area contributed by atoms with Crippen LogP contribution in [-0.2, 0) is 35.4 Å². The predicted molar refractivity (Wildman–Crippen MR) is 227 cm³/mol. The number of para-hydroxylation sites is 1. The maximum atomic E-state index is 12.6. The Kier molecular flexibility index (Phi) is 31.2. The van der Waals surface area contributed by atoms with E-state index in [-0.39, 0.29) is 45.6 Å². The number of rotatable bonds is 19. The molecule has 0 aliphatic carbocycles. The molecule has 0 saturated carbocycles. The van der Waals surface area contributed by atoms with Crippen molar-refractivity contribution in [2.75, 3.05) is 33.5 Å². The van der Waals surface area contributed by atoms with Crippen molar-refractivity contribution in [3.63, 3.8) is 0 Å². The fourth-order valence-corrected chi connectivity index (χ4v) is 6.77. The van der Waals surface area contributed by atoms with E-state index in [9.17, 15) is 19.3 Å². The van der Waals surface area contributed by atoms with E-state index >= 15 is 0 Å². The molecule has 1 aliphatic rings. The van der Waals surface area contributed by atoms with Crippen LogP contribution in [0.3, 0.4) is 0 Å². The number of carboxylic acid groups (broad SMARTS) is 2. The molecule has 8 N–H and O–H groups in total. The van der Waals surface area contributed by atoms with Gasteiger partial charge in [0.2, 0.25) is 0 Å². The van der Waals surface area contributed by atoms with Crippen molar-refractivity contribution in [3.8, 4) is 5.75 Å². The Morgan fingerprint density at radius 1 is 1.05 bits per heavy atom. The van der Waals surface area contributed by atoms with Crippen molar-refractivity contribution in [2.24, 2.45) is 29.4 Å². The number of hydrogen-bond donors (Lipinski definition) is 6. The summed E-state index contributed by atoms with van der Waals surface area (Å²) in [7, 11) is -1.09. The Hall–Kier alpha value is -4.11. The van der Waals surface area contributed by atoms with E-state index in [0.717, 1.165) is 43.5 Å². The minimum atomic E-state index is -4.51. The SMILES string of the molecule is C.C=C.C=CN=C(N)c1ccc(C2CCC(COP(C)(O)(NCC(=O)OCC(CC)CCC)Oc3ccccc3)O2)n1C.CCC.CN.O=C(O)CCC(=O)O. The number of hydrogen-bond acceptors (Lipinski definition) is 11. The molecule has 3 rings (SSSR count). The van der Waals surface area contributed by atoms with E-state index in [4.69, 9.17) is 34.5 Å². The van der Waals surface area contributed by atoms with Crippen LogP contribution in [0, 0.1) is 5.92 Å². The molecule has 1 aromatic carbocycles. The van der Waals surface area contributed by atoms with E-state index < -0.39 is 25.3 Å². The zero-order chi connectivity index (χ0) is 42.5. The molecular formula is C40H72N5O10P. The third kappa shape index (κ3) is 23.1. The van der Waals surface area contributed by atoms with Gasteiger partial charge in [0.1, 0.15) is 0 Å². The topological polar surface area (TPSA) is 230 Å². The maximum Gasteiger partial charge on any atom is 0.303 e. The average Bonchev–Trinajstić information content (AvgIpc) is 3.80. The summed E-state index contributed by atoms with van der Waals surface area (Å²) in [6, 6.07) is 12.7. The van der Waals surface area contributed by atoms with E-state index in [2.05, 4.69) is 63.2 Å². The molecule has 2 heterocycles. The molecule has 2 aromatic rings. The monoisotopic (exact) mass is 814 g/mol. The second-order valence-corrected chi connectivity index (χ2v) is 15.7. The van der Waals surface area contributed by atoms with Gasteiger partial charge in [-0.15, -0.1) is 13.2 Å². The summed E-state index contributed by atoms with van der Waals surface area (Å²) >= 11 is 0. The Labute approximate surface area is 335 Å². The molecule has 0 spiro atoms. The standard InChI is InChI=1S/C29H45N4O6P.C4H6O4.C3H8.C2H4.CH5N.CH4/c1-6-12-22(7-2)20-36-28(34)19-32-40(5,35,39-23-13-10-9-11-14-23)37-21-24-15-18-27(38-24)25-16-17-26(33(25)4)29(30)31-8-3;5-3(6)1-2-4(7)8;1-3-2;2*1-2;/h8-11,13-14,16-17,22,24,27,32,35H,3,6-7,12,15,18-21H2,1-2,4-5H3,(H2,30,31);1-2H2,(H,5,6)(H,7,8);3H2,1-2H3;1-2H2;2H2,1H3;1H4. The molecule has 3 unspecified atom stereocenters. The van der Waals surface area contributed by atoms with Gasteiger partial charge < -0.3 is 15.9 Å². The first-order valence-corrected chi connectivity index (χ1v) is 20.9. The summed E-state index contributed by atoms with van der Waals surface area (Å²) in [5.74, 6) is -1.52. The third-order valence-electron chi connectivity index (χ3n) is 7.61. The van der Waals surface area contributed by atoms with Crippen molar-refractivity contribution in [3.05, 3.63) is 79.8 Å². The summed E-state index contributed by atoms with van der Waals surface area (Å²) < 4.78 is 25.8. The van der Waals surface area contributed by atoms with Crippen molar-refractivity contribution in [2.45, 2.75) is 98.7 Å². The number of aromatic nitrogens is 1. The number of carbonyl (C=O) groups is 3. The van der Waals surface area contributed by atoms with Crippen molar-refractivity contribution in [1.29, 1.82) is 0 Å². The van der Waals surface area contributed by atoms with Gasteiger partial charge in [0.15, 0.2) is 0 Å². The summed E-state index contributed by atoms with van der Waals surface area (Å²) in [6.07, 6.45) is 6.06. The molecule has 15 nitrogen and oxygen atoms in total. The maximum absolute atomic E-state index is 12.6. The number of carbonyl (C=O) groups excluding carboxylic acids is 1. The van der Waals surface area contributed by atoms with Crippen LogP contribution in [0.2, 0.25) is 0 Å². The van der Waals surface area contributed by atoms with Crippen LogP contribution < -0.4 is 21.1 Å². The average molecular weight is 814 g/mol. The number of ether oxygens (including phenoxy) is 2. The molecule has 322 valence electrons. The van der Waals surface area contributed by atoms with Crippen LogP contribution in [0.4, 0.5) is 0 Å². The van der Waals surface area contributed by atoms with Crippen LogP contribution in [-0.4, -0.2) is 83.0 Å². The number of aliphatic carboxylic acids is 2. The second kappa shape index (κ2) is 31.0. The molecule has 1 aromatic heterocycles. The van der Waals surface area contributed by atoms with Gasteiger partial charge in [0.05, 0.1) is 12.8 Å². The number of amidine groups is 1. The minimum Gasteiger partial charge on any atom is -0.481 e. The van der Waals surface area contributed by atoms with Gasteiger partial charge >= 0.3 is 250 Å². The quantitative estimate of drug-likeness (QED) is 0.0268. The number of benzene rings is 1. The first-order chi connectivity index (χ1) is 26.1. The fraction of sp³-hybridized carbons (Fsp3) is 0.550. The number of nitrogens with two attached hydrogens (primary N) is 2. The summed E-state index contributed by atoms with van der Waals surface area (Å²) in [4.78, 5) is 47.7. The number of nitrogens with one attached hydrogen (secondary N) is 1. The Balaban J connectivity index is -0.00000151. The van der Waals surface area contributed by atoms with E-state index in [1.165, 1.54) is 26.3 Å². The number of aliphatic imine (C=N–C) groups is 1. The molecule has 1 saturated heterocycles. The number of esters is 1. The van der Waals surface area contributed by atoms with Gasteiger partial charge in [0, 0.05) is 0 Å². The van der Waals surface area contributed by atoms with Gasteiger partial charge in [-0.2, -0.15) is 0 Å². The smallest absolute Gasteiger partial charge is 0.303 e. The van der Waals surface area contributed by atoms with Crippen LogP contribution >= 0.6 is 7.43 Å². The van der Waals surface area contributed by atoms with Gasteiger partial charge in [0.25, 0.3) is 0 Å². The van der Waals surface area contributed by atoms with Crippen molar-refractivity contribution >= 4 is 31.2 Å². The van der Waals surface area contributed by atoms with Crippen LogP contribution in [0.5, 0.6) is 5.75 Å². The Morgan fingerprint density at radius 3 is 2.12 bits per heavy atom. The molecule has 0 amide bonds. The van der Waals surface area contributed by atoms with Gasteiger partial charge in [-0.1, -0.05) is 27.7 Å².